The maximum absolute atomic E-state index is 12.2. The van der Waals surface area contributed by atoms with Gasteiger partial charge in [0.2, 0.25) is 11.8 Å². The van der Waals surface area contributed by atoms with Crippen molar-refractivity contribution < 1.29 is 9.59 Å². The number of nitrogens with two attached hydrogens (primary N) is 1. The molecular weight excluding hydrogens is 230 g/mol. The van der Waals surface area contributed by atoms with E-state index >= 15 is 0 Å². The summed E-state index contributed by atoms with van der Waals surface area (Å²) in [5.74, 6) is -0.0214. The minimum absolute atomic E-state index is 0.0392. The van der Waals surface area contributed by atoms with Gasteiger partial charge in [0.25, 0.3) is 0 Å². The Morgan fingerprint density at radius 1 is 1.44 bits per heavy atom. The predicted octanol–water partition coefficient (Wildman–Crippen LogP) is 0.193. The van der Waals surface area contributed by atoms with E-state index < -0.39 is 0 Å². The van der Waals surface area contributed by atoms with Crippen molar-refractivity contribution in [1.82, 2.24) is 9.80 Å². The fourth-order valence-corrected chi connectivity index (χ4v) is 3.38. The molecule has 0 aromatic rings. The van der Waals surface area contributed by atoms with Crippen LogP contribution in [0.4, 0.5) is 0 Å². The van der Waals surface area contributed by atoms with Gasteiger partial charge in [-0.3, -0.25) is 14.5 Å². The molecule has 2 N–H and O–H groups in total. The molecule has 2 atom stereocenters. The Labute approximate surface area is 108 Å². The fraction of sp³-hybridized carbons (Fsp3) is 0.846. The minimum atomic E-state index is -0.295. The van der Waals surface area contributed by atoms with Crippen LogP contribution in [0.3, 0.4) is 0 Å². The third-order valence-corrected chi connectivity index (χ3v) is 4.45. The van der Waals surface area contributed by atoms with Crippen LogP contribution in [0.25, 0.3) is 0 Å². The summed E-state index contributed by atoms with van der Waals surface area (Å²) in [6.45, 7) is 7.92. The third kappa shape index (κ3) is 1.90. The monoisotopic (exact) mass is 253 g/mol. The van der Waals surface area contributed by atoms with E-state index in [0.717, 1.165) is 25.9 Å². The van der Waals surface area contributed by atoms with Crippen molar-refractivity contribution in [3.8, 4) is 0 Å². The number of carbonyl (C=O) groups is 2. The maximum atomic E-state index is 12.2. The van der Waals surface area contributed by atoms with Crippen LogP contribution in [0.2, 0.25) is 0 Å². The Hall–Kier alpha value is -1.10. The van der Waals surface area contributed by atoms with Crippen molar-refractivity contribution in [2.75, 3.05) is 19.6 Å². The van der Waals surface area contributed by atoms with E-state index in [2.05, 4.69) is 11.8 Å². The SMILES string of the molecule is CC(C)C(=O)N1CCCC12CN(CC(N)=O)C2C. The van der Waals surface area contributed by atoms with E-state index in [-0.39, 0.29) is 29.3 Å². The lowest BCUT2D eigenvalue weighted by atomic mass is 9.78. The standard InChI is InChI=1S/C13H23N3O2/c1-9(2)12(18)16-6-4-5-13(16)8-15(10(13)3)7-11(14)17/h9-10H,4-8H2,1-3H3,(H2,14,17). The summed E-state index contributed by atoms with van der Waals surface area (Å²) >= 11 is 0. The van der Waals surface area contributed by atoms with Gasteiger partial charge in [-0.25, -0.2) is 0 Å². The van der Waals surface area contributed by atoms with Gasteiger partial charge < -0.3 is 10.6 Å². The minimum Gasteiger partial charge on any atom is -0.369 e. The Kier molecular flexibility index (Phi) is 3.36. The molecular formula is C13H23N3O2. The van der Waals surface area contributed by atoms with Crippen molar-refractivity contribution >= 4 is 11.8 Å². The zero-order valence-electron chi connectivity index (χ0n) is 11.5. The number of rotatable bonds is 3. The van der Waals surface area contributed by atoms with Gasteiger partial charge in [0.05, 0.1) is 12.1 Å². The fourth-order valence-electron chi connectivity index (χ4n) is 3.38. The van der Waals surface area contributed by atoms with Crippen LogP contribution in [0, 0.1) is 5.92 Å². The quantitative estimate of drug-likeness (QED) is 0.781. The van der Waals surface area contributed by atoms with Gasteiger partial charge in [-0.15, -0.1) is 0 Å². The first kappa shape index (κ1) is 13.3. The number of carbonyl (C=O) groups excluding carboxylic acids is 2. The highest BCUT2D eigenvalue weighted by atomic mass is 16.2. The van der Waals surface area contributed by atoms with Crippen LogP contribution in [0.15, 0.2) is 0 Å². The van der Waals surface area contributed by atoms with Gasteiger partial charge in [-0.1, -0.05) is 13.8 Å². The number of hydrogen-bond acceptors (Lipinski definition) is 3. The number of amides is 2. The topological polar surface area (TPSA) is 66.6 Å². The van der Waals surface area contributed by atoms with Gasteiger partial charge >= 0.3 is 0 Å². The highest BCUT2D eigenvalue weighted by Gasteiger charge is 2.57. The Morgan fingerprint density at radius 3 is 2.61 bits per heavy atom. The normalized spacial score (nSPS) is 32.0. The Bertz CT molecular complexity index is 369. The molecule has 0 aromatic heterocycles. The zero-order chi connectivity index (χ0) is 13.5. The molecule has 102 valence electrons. The zero-order valence-corrected chi connectivity index (χ0v) is 11.5. The van der Waals surface area contributed by atoms with Crippen molar-refractivity contribution in [3.63, 3.8) is 0 Å². The molecule has 2 rings (SSSR count). The maximum Gasteiger partial charge on any atom is 0.231 e. The first-order valence-corrected chi connectivity index (χ1v) is 6.72. The van der Waals surface area contributed by atoms with E-state index in [9.17, 15) is 9.59 Å². The molecule has 1 spiro atoms. The van der Waals surface area contributed by atoms with Gasteiger partial charge in [-0.2, -0.15) is 0 Å². The summed E-state index contributed by atoms with van der Waals surface area (Å²) in [6.07, 6.45) is 2.11. The lowest BCUT2D eigenvalue weighted by Gasteiger charge is -2.58. The molecule has 0 bridgehead atoms. The summed E-state index contributed by atoms with van der Waals surface area (Å²) in [5, 5.41) is 0. The summed E-state index contributed by atoms with van der Waals surface area (Å²) in [6, 6.07) is 0.232. The lowest BCUT2D eigenvalue weighted by molar-refractivity contribution is -0.153. The molecule has 2 aliphatic rings. The lowest BCUT2D eigenvalue weighted by Crippen LogP contribution is -2.75. The number of nitrogens with zero attached hydrogens (tertiary/aromatic N) is 2. The number of likely N-dealkylation sites (tertiary alicyclic amines) is 2. The Balaban J connectivity index is 2.08. The highest BCUT2D eigenvalue weighted by Crippen LogP contribution is 2.43. The number of hydrogen-bond donors (Lipinski definition) is 1. The summed E-state index contributed by atoms with van der Waals surface area (Å²) in [4.78, 5) is 27.3. The van der Waals surface area contributed by atoms with Gasteiger partial charge in [0.15, 0.2) is 0 Å². The van der Waals surface area contributed by atoms with E-state index in [1.165, 1.54) is 0 Å². The van der Waals surface area contributed by atoms with Crippen LogP contribution in [0.1, 0.15) is 33.6 Å². The van der Waals surface area contributed by atoms with Crippen LogP contribution in [-0.4, -0.2) is 52.8 Å². The molecule has 2 unspecified atom stereocenters. The Morgan fingerprint density at radius 2 is 2.11 bits per heavy atom. The molecule has 5 nitrogen and oxygen atoms in total. The first-order valence-electron chi connectivity index (χ1n) is 6.72. The molecule has 2 fully saturated rings. The van der Waals surface area contributed by atoms with Gasteiger partial charge in [0, 0.05) is 25.0 Å². The number of primary amides is 1. The summed E-state index contributed by atoms with van der Waals surface area (Å²) in [7, 11) is 0. The molecule has 2 amide bonds. The van der Waals surface area contributed by atoms with E-state index in [1.807, 2.05) is 18.7 Å². The summed E-state index contributed by atoms with van der Waals surface area (Å²) in [5.41, 5.74) is 5.19. The van der Waals surface area contributed by atoms with Crippen LogP contribution >= 0.6 is 0 Å². The summed E-state index contributed by atoms with van der Waals surface area (Å²) < 4.78 is 0. The molecule has 0 radical (unpaired) electrons. The first-order chi connectivity index (χ1) is 8.38. The van der Waals surface area contributed by atoms with Crippen LogP contribution < -0.4 is 5.73 Å². The van der Waals surface area contributed by atoms with Gasteiger partial charge in [-0.05, 0) is 19.8 Å². The smallest absolute Gasteiger partial charge is 0.231 e. The second-order valence-corrected chi connectivity index (χ2v) is 5.90. The predicted molar refractivity (Wildman–Crippen MR) is 68.7 cm³/mol. The van der Waals surface area contributed by atoms with Crippen LogP contribution in [0.5, 0.6) is 0 Å². The van der Waals surface area contributed by atoms with E-state index in [1.54, 1.807) is 0 Å². The molecule has 2 saturated heterocycles. The van der Waals surface area contributed by atoms with E-state index in [4.69, 9.17) is 5.73 Å². The van der Waals surface area contributed by atoms with E-state index in [0.29, 0.717) is 6.54 Å². The molecule has 2 aliphatic heterocycles. The molecule has 0 saturated carbocycles. The average molecular weight is 253 g/mol. The molecule has 2 heterocycles. The second kappa shape index (κ2) is 4.53. The largest absolute Gasteiger partial charge is 0.369 e. The third-order valence-electron chi connectivity index (χ3n) is 4.45. The second-order valence-electron chi connectivity index (χ2n) is 5.90. The molecule has 5 heteroatoms. The van der Waals surface area contributed by atoms with Crippen molar-refractivity contribution in [2.24, 2.45) is 11.7 Å². The van der Waals surface area contributed by atoms with Crippen molar-refractivity contribution in [3.05, 3.63) is 0 Å². The average Bonchev–Trinajstić information content (AvgIpc) is 2.73. The van der Waals surface area contributed by atoms with Crippen LogP contribution in [-0.2, 0) is 9.59 Å². The highest BCUT2D eigenvalue weighted by molar-refractivity contribution is 5.80. The molecule has 0 aliphatic carbocycles. The molecule has 0 aromatic carbocycles. The van der Waals surface area contributed by atoms with Crippen molar-refractivity contribution in [1.29, 1.82) is 0 Å². The molecule has 18 heavy (non-hydrogen) atoms. The van der Waals surface area contributed by atoms with Crippen molar-refractivity contribution in [2.45, 2.75) is 45.2 Å². The van der Waals surface area contributed by atoms with Gasteiger partial charge in [0.1, 0.15) is 0 Å².